The Balaban J connectivity index is 0.976. The smallest absolute Gasteiger partial charge is 0.338 e. The molecule has 3 aliphatic rings. The number of imidazole rings is 1. The molecule has 12 atom stereocenters. The number of anilines is 1. The van der Waals surface area contributed by atoms with E-state index in [0.717, 1.165) is 27.7 Å². The molecule has 9 rings (SSSR count). The van der Waals surface area contributed by atoms with Crippen molar-refractivity contribution in [2.45, 2.75) is 101 Å². The van der Waals surface area contributed by atoms with Gasteiger partial charge in [-0.3, -0.25) is 28.5 Å². The fourth-order valence-corrected chi connectivity index (χ4v) is 9.18. The minimum absolute atomic E-state index is 0.0421. The monoisotopic (exact) mass is 1120 g/mol. The van der Waals surface area contributed by atoms with Gasteiger partial charge in [0.1, 0.15) is 31.2 Å². The standard InChI is InChI=1S/C56H53N5O20/c1-30(62)73-42-38(77-51(45(42)75-32(3)64)61-29-59-41-48(57-28-58-49(41)61)60-50(66)34-17-9-5-10-18-34)26-71-55-46(76-33(4)65)43(74-31(2)63)40(79-55)27-72-56-47(81-54(69)37-23-15-8-16-24-37)44(80-53(68)36-21-13-7-14-22-36)39(78-56)25-70-52(67)35-19-11-6-12-20-35/h5-24,28-29,38-40,42-47,51,55-56H,25-27H2,1-4H3,(H,57,58,60,66)/t38-,39-,40-,42-,43-,44-,45-,46-,47-,51-,55-,56-/m1/s1. The first kappa shape index (κ1) is 56.7. The second kappa shape index (κ2) is 25.8. The van der Waals surface area contributed by atoms with Gasteiger partial charge in [0.15, 0.2) is 72.4 Å². The number of carbonyl (C=O) groups is 8. The fraction of sp³-hybridized carbons (Fsp3) is 0.339. The van der Waals surface area contributed by atoms with Crippen molar-refractivity contribution in [3.63, 3.8) is 0 Å². The van der Waals surface area contributed by atoms with Gasteiger partial charge in [0, 0.05) is 33.3 Å². The lowest BCUT2D eigenvalue weighted by molar-refractivity contribution is -0.217. The van der Waals surface area contributed by atoms with E-state index in [0.29, 0.717) is 5.56 Å². The van der Waals surface area contributed by atoms with Gasteiger partial charge >= 0.3 is 41.8 Å². The molecule has 0 bridgehead atoms. The minimum atomic E-state index is -1.62. The molecule has 81 heavy (non-hydrogen) atoms. The Morgan fingerprint density at radius 1 is 0.457 bits per heavy atom. The van der Waals surface area contributed by atoms with Crippen LogP contribution in [0.5, 0.6) is 0 Å². The molecule has 25 nitrogen and oxygen atoms in total. The Labute approximate surface area is 460 Å². The van der Waals surface area contributed by atoms with Crippen LogP contribution in [0.2, 0.25) is 0 Å². The van der Waals surface area contributed by atoms with E-state index in [1.807, 2.05) is 0 Å². The summed E-state index contributed by atoms with van der Waals surface area (Å²) in [4.78, 5) is 118. The van der Waals surface area contributed by atoms with Crippen molar-refractivity contribution in [2.75, 3.05) is 25.1 Å². The van der Waals surface area contributed by atoms with Crippen LogP contribution in [0.25, 0.3) is 11.2 Å². The third-order valence-electron chi connectivity index (χ3n) is 12.7. The molecule has 4 aromatic carbocycles. The van der Waals surface area contributed by atoms with Gasteiger partial charge in [-0.2, -0.15) is 0 Å². The molecule has 0 unspecified atom stereocenters. The normalized spacial score (nSPS) is 24.8. The highest BCUT2D eigenvalue weighted by Crippen LogP contribution is 2.38. The molecule has 3 aliphatic heterocycles. The van der Waals surface area contributed by atoms with E-state index in [2.05, 4.69) is 20.3 Å². The summed E-state index contributed by atoms with van der Waals surface area (Å²) in [5, 5.41) is 2.72. The summed E-state index contributed by atoms with van der Waals surface area (Å²) in [5.74, 6) is -6.18. The van der Waals surface area contributed by atoms with Crippen molar-refractivity contribution in [3.8, 4) is 0 Å². The average molecular weight is 1120 g/mol. The highest BCUT2D eigenvalue weighted by atomic mass is 16.8. The van der Waals surface area contributed by atoms with Gasteiger partial charge in [-0.25, -0.2) is 29.3 Å². The van der Waals surface area contributed by atoms with Crippen molar-refractivity contribution in [2.24, 2.45) is 0 Å². The Bertz CT molecular complexity index is 3220. The number of nitrogens with zero attached hydrogens (tertiary/aromatic N) is 4. The minimum Gasteiger partial charge on any atom is -0.459 e. The van der Waals surface area contributed by atoms with Gasteiger partial charge in [-0.15, -0.1) is 0 Å². The van der Waals surface area contributed by atoms with Crippen LogP contribution >= 0.6 is 0 Å². The first-order chi connectivity index (χ1) is 39.1. The van der Waals surface area contributed by atoms with Crippen molar-refractivity contribution in [3.05, 3.63) is 156 Å². The number of nitrogens with one attached hydrogen (secondary N) is 1. The molecule has 422 valence electrons. The maximum Gasteiger partial charge on any atom is 0.338 e. The Kier molecular flexibility index (Phi) is 18.1. The maximum atomic E-state index is 13.8. The predicted octanol–water partition coefficient (Wildman–Crippen LogP) is 4.49. The fourth-order valence-electron chi connectivity index (χ4n) is 9.18. The molecule has 0 radical (unpaired) electrons. The largest absolute Gasteiger partial charge is 0.459 e. The summed E-state index contributed by atoms with van der Waals surface area (Å²) in [7, 11) is 0. The average Bonchev–Trinajstić information content (AvgIpc) is 4.15. The van der Waals surface area contributed by atoms with Crippen molar-refractivity contribution in [1.82, 2.24) is 19.5 Å². The summed E-state index contributed by atoms with van der Waals surface area (Å²) in [6.07, 6.45) is -14.9. The number of hydrogen-bond donors (Lipinski definition) is 1. The lowest BCUT2D eigenvalue weighted by Crippen LogP contribution is -2.44. The molecule has 3 saturated heterocycles. The van der Waals surface area contributed by atoms with Gasteiger partial charge < -0.3 is 62.2 Å². The molecule has 1 N–H and O–H groups in total. The van der Waals surface area contributed by atoms with E-state index in [-0.39, 0.29) is 33.7 Å². The summed E-state index contributed by atoms with van der Waals surface area (Å²) in [5.41, 5.74) is 1.03. The number of rotatable bonds is 20. The van der Waals surface area contributed by atoms with Crippen molar-refractivity contribution in [1.29, 1.82) is 0 Å². The molecule has 5 heterocycles. The van der Waals surface area contributed by atoms with Crippen LogP contribution < -0.4 is 5.32 Å². The molecular weight excluding hydrogens is 1060 g/mol. The number of carbonyl (C=O) groups excluding carboxylic acids is 8. The molecule has 0 aliphatic carbocycles. The van der Waals surface area contributed by atoms with E-state index in [9.17, 15) is 38.4 Å². The zero-order valence-corrected chi connectivity index (χ0v) is 43.7. The lowest BCUT2D eigenvalue weighted by Gasteiger charge is -2.26. The molecule has 1 amide bonds. The number of ether oxygens (including phenoxy) is 12. The summed E-state index contributed by atoms with van der Waals surface area (Å²) in [6, 6.07) is 32.2. The Morgan fingerprint density at radius 2 is 0.864 bits per heavy atom. The number of amides is 1. The number of esters is 7. The lowest BCUT2D eigenvalue weighted by atomic mass is 10.1. The van der Waals surface area contributed by atoms with Crippen LogP contribution in [0.3, 0.4) is 0 Å². The quantitative estimate of drug-likeness (QED) is 0.0813. The zero-order chi connectivity index (χ0) is 57.2. The van der Waals surface area contributed by atoms with Gasteiger partial charge in [0.2, 0.25) is 0 Å². The van der Waals surface area contributed by atoms with Gasteiger partial charge in [0.25, 0.3) is 5.91 Å². The highest BCUT2D eigenvalue weighted by molar-refractivity contribution is 6.06. The number of aromatic nitrogens is 4. The molecular formula is C56H53N5O20. The zero-order valence-electron chi connectivity index (χ0n) is 43.7. The van der Waals surface area contributed by atoms with Gasteiger partial charge in [-0.05, 0) is 48.5 Å². The summed E-state index contributed by atoms with van der Waals surface area (Å²) < 4.78 is 73.4. The molecule has 2 aromatic heterocycles. The van der Waals surface area contributed by atoms with Crippen LogP contribution in [0.15, 0.2) is 134 Å². The second-order valence-electron chi connectivity index (χ2n) is 18.4. The number of fused-ring (bicyclic) bond motifs is 1. The number of benzene rings is 4. The Morgan fingerprint density at radius 3 is 1.38 bits per heavy atom. The maximum absolute atomic E-state index is 13.8. The first-order valence-corrected chi connectivity index (χ1v) is 25.3. The van der Waals surface area contributed by atoms with Crippen molar-refractivity contribution >= 4 is 64.7 Å². The SMILES string of the molecule is CC(=O)O[C@@H]1[C@H](OC(C)=O)[C@@H](CO[C@@H]2O[C@H](CO[C@@H]3O[C@H](COC(=O)c4ccccc4)[C@@H](OC(=O)c4ccccc4)[C@H]3OC(=O)c3ccccc3)[C@@H](OC(C)=O)[C@H]2OC(C)=O)O[C@H]1n1cnc2c(NC(=O)c3ccccc3)ncnc21. The summed E-state index contributed by atoms with van der Waals surface area (Å²) >= 11 is 0. The van der Waals surface area contributed by atoms with E-state index in [4.69, 9.17) is 56.8 Å². The van der Waals surface area contributed by atoms with Gasteiger partial charge in [-0.1, -0.05) is 72.8 Å². The van der Waals surface area contributed by atoms with Crippen LogP contribution in [-0.4, -0.2) is 155 Å². The molecule has 6 aromatic rings. The van der Waals surface area contributed by atoms with Gasteiger partial charge in [0.05, 0.1) is 36.2 Å². The van der Waals surface area contributed by atoms with E-state index < -0.39 is 141 Å². The molecule has 0 spiro atoms. The van der Waals surface area contributed by atoms with Crippen molar-refractivity contribution < 1.29 is 95.2 Å². The van der Waals surface area contributed by atoms with E-state index in [1.54, 1.807) is 84.9 Å². The van der Waals surface area contributed by atoms with Crippen LogP contribution in [-0.2, 0) is 76.0 Å². The van der Waals surface area contributed by atoms with Crippen LogP contribution in [0, 0.1) is 0 Å². The third kappa shape index (κ3) is 13.7. The molecule has 0 saturated carbocycles. The van der Waals surface area contributed by atoms with Crippen LogP contribution in [0.4, 0.5) is 5.82 Å². The second-order valence-corrected chi connectivity index (χ2v) is 18.4. The van der Waals surface area contributed by atoms with E-state index in [1.165, 1.54) is 53.6 Å². The molecule has 3 fully saturated rings. The van der Waals surface area contributed by atoms with E-state index >= 15 is 0 Å². The van der Waals surface area contributed by atoms with Crippen LogP contribution in [0.1, 0.15) is 75.4 Å². The Hall–Kier alpha value is -9.01. The number of hydrogen-bond acceptors (Lipinski definition) is 23. The topological polar surface area (TPSA) is 303 Å². The third-order valence-corrected chi connectivity index (χ3v) is 12.7. The highest BCUT2D eigenvalue weighted by Gasteiger charge is 2.56. The first-order valence-electron chi connectivity index (χ1n) is 25.3. The predicted molar refractivity (Wildman–Crippen MR) is 273 cm³/mol. The summed E-state index contributed by atoms with van der Waals surface area (Å²) in [6.45, 7) is 2.78. The molecule has 25 heteroatoms.